The van der Waals surface area contributed by atoms with Crippen LogP contribution in [0.15, 0.2) is 24.3 Å². The summed E-state index contributed by atoms with van der Waals surface area (Å²) in [5, 5.41) is 0. The number of benzene rings is 2. The molecule has 0 aromatic heterocycles. The van der Waals surface area contributed by atoms with Crippen LogP contribution in [0.25, 0.3) is 0 Å². The third kappa shape index (κ3) is 3.30. The number of fused-ring (bicyclic) bond motifs is 3. The highest BCUT2D eigenvalue weighted by molar-refractivity contribution is 5.79. The van der Waals surface area contributed by atoms with Crippen molar-refractivity contribution in [3.8, 4) is 28.7 Å². The Bertz CT molecular complexity index is 1100. The van der Waals surface area contributed by atoms with Crippen molar-refractivity contribution >= 4 is 11.9 Å². The maximum Gasteiger partial charge on any atom is 0.310 e. The molecule has 0 radical (unpaired) electrons. The Morgan fingerprint density at radius 1 is 0.909 bits per heavy atom. The molecule has 3 aliphatic rings. The molecule has 33 heavy (non-hydrogen) atoms. The molecule has 0 N–H and O–H groups in total. The zero-order valence-corrected chi connectivity index (χ0v) is 18.7. The van der Waals surface area contributed by atoms with Gasteiger partial charge in [-0.3, -0.25) is 9.59 Å². The molecule has 174 valence electrons. The van der Waals surface area contributed by atoms with Crippen LogP contribution in [0.5, 0.6) is 28.7 Å². The Labute approximate surface area is 190 Å². The largest absolute Gasteiger partial charge is 0.493 e. The van der Waals surface area contributed by atoms with E-state index in [1.54, 1.807) is 0 Å². The van der Waals surface area contributed by atoms with Crippen molar-refractivity contribution in [1.29, 1.82) is 0 Å². The minimum absolute atomic E-state index is 0.0974. The number of esters is 2. The van der Waals surface area contributed by atoms with Gasteiger partial charge in [-0.05, 0) is 35.4 Å². The first kappa shape index (κ1) is 21.2. The lowest BCUT2D eigenvalue weighted by Gasteiger charge is -2.38. The second kappa shape index (κ2) is 8.06. The van der Waals surface area contributed by atoms with Crippen molar-refractivity contribution in [3.05, 3.63) is 41.0 Å². The van der Waals surface area contributed by atoms with Gasteiger partial charge < -0.3 is 33.2 Å². The van der Waals surface area contributed by atoms with Gasteiger partial charge in [0.1, 0.15) is 6.10 Å². The van der Waals surface area contributed by atoms with Gasteiger partial charge in [-0.25, -0.2) is 0 Å². The number of methoxy groups -OCH3 is 3. The zero-order valence-electron chi connectivity index (χ0n) is 18.7. The average Bonchev–Trinajstić information content (AvgIpc) is 3.43. The van der Waals surface area contributed by atoms with Crippen LogP contribution in [0.3, 0.4) is 0 Å². The molecular formula is C24H24O9. The summed E-state index contributed by atoms with van der Waals surface area (Å²) < 4.78 is 38.9. The first-order valence-corrected chi connectivity index (χ1v) is 10.5. The van der Waals surface area contributed by atoms with Gasteiger partial charge in [-0.1, -0.05) is 0 Å². The highest BCUT2D eigenvalue weighted by atomic mass is 16.7. The van der Waals surface area contributed by atoms with Gasteiger partial charge in [0, 0.05) is 24.3 Å². The molecule has 1 fully saturated rings. The van der Waals surface area contributed by atoms with E-state index in [-0.39, 0.29) is 25.3 Å². The SMILES string of the molecule is COc1cc([C@@H]2c3cc4c(cc3[C@H](OC(C)=O)C3COC(=O)[C@H]32)OCO4)cc(OC)c1OC. The lowest BCUT2D eigenvalue weighted by Crippen LogP contribution is -2.36. The Kier molecular flexibility index (Phi) is 5.19. The van der Waals surface area contributed by atoms with Gasteiger partial charge in [0.05, 0.1) is 33.9 Å². The Morgan fingerprint density at radius 2 is 1.55 bits per heavy atom. The van der Waals surface area contributed by atoms with E-state index in [4.69, 9.17) is 33.2 Å². The van der Waals surface area contributed by atoms with Gasteiger partial charge in [0.25, 0.3) is 0 Å². The highest BCUT2D eigenvalue weighted by Gasteiger charge is 2.54. The maximum atomic E-state index is 13.0. The van der Waals surface area contributed by atoms with Crippen molar-refractivity contribution in [3.63, 3.8) is 0 Å². The van der Waals surface area contributed by atoms with Crippen LogP contribution in [0.4, 0.5) is 0 Å². The molecule has 1 aliphatic carbocycles. The van der Waals surface area contributed by atoms with E-state index in [2.05, 4.69) is 0 Å². The van der Waals surface area contributed by atoms with Gasteiger partial charge >= 0.3 is 11.9 Å². The Hall–Kier alpha value is -3.62. The van der Waals surface area contributed by atoms with Gasteiger partial charge in [-0.15, -0.1) is 0 Å². The van der Waals surface area contributed by atoms with E-state index in [9.17, 15) is 9.59 Å². The van der Waals surface area contributed by atoms with E-state index in [0.29, 0.717) is 28.7 Å². The Balaban J connectivity index is 1.75. The molecule has 0 saturated carbocycles. The van der Waals surface area contributed by atoms with Crippen molar-refractivity contribution in [2.75, 3.05) is 34.7 Å². The predicted molar refractivity (Wildman–Crippen MR) is 113 cm³/mol. The molecule has 0 spiro atoms. The number of rotatable bonds is 5. The van der Waals surface area contributed by atoms with Crippen LogP contribution in [-0.2, 0) is 19.1 Å². The molecule has 2 aromatic rings. The van der Waals surface area contributed by atoms with E-state index < -0.39 is 23.9 Å². The lowest BCUT2D eigenvalue weighted by molar-refractivity contribution is -0.152. The third-order valence-corrected chi connectivity index (χ3v) is 6.46. The van der Waals surface area contributed by atoms with Crippen molar-refractivity contribution in [1.82, 2.24) is 0 Å². The minimum Gasteiger partial charge on any atom is -0.493 e. The smallest absolute Gasteiger partial charge is 0.310 e. The lowest BCUT2D eigenvalue weighted by atomic mass is 9.66. The first-order chi connectivity index (χ1) is 16.0. The van der Waals surface area contributed by atoms with Gasteiger partial charge in [0.15, 0.2) is 23.0 Å². The van der Waals surface area contributed by atoms with Gasteiger partial charge in [0.2, 0.25) is 12.5 Å². The quantitative estimate of drug-likeness (QED) is 0.629. The number of carbonyl (C=O) groups is 2. The molecule has 1 unspecified atom stereocenters. The minimum atomic E-state index is -0.651. The molecule has 9 heteroatoms. The zero-order chi connectivity index (χ0) is 23.3. The summed E-state index contributed by atoms with van der Waals surface area (Å²) >= 11 is 0. The summed E-state index contributed by atoms with van der Waals surface area (Å²) in [6.07, 6.45) is -0.651. The number of carbonyl (C=O) groups excluding carboxylic acids is 2. The summed E-state index contributed by atoms with van der Waals surface area (Å²) in [6.45, 7) is 1.60. The first-order valence-electron chi connectivity index (χ1n) is 10.5. The fourth-order valence-electron chi connectivity index (χ4n) is 5.12. The van der Waals surface area contributed by atoms with Crippen LogP contribution >= 0.6 is 0 Å². The second-order valence-electron chi connectivity index (χ2n) is 8.12. The van der Waals surface area contributed by atoms with Crippen molar-refractivity contribution < 1.29 is 42.7 Å². The molecule has 2 aromatic carbocycles. The molecule has 9 nitrogen and oxygen atoms in total. The molecule has 0 bridgehead atoms. The highest BCUT2D eigenvalue weighted by Crippen LogP contribution is 2.56. The maximum absolute atomic E-state index is 13.0. The predicted octanol–water partition coefficient (Wildman–Crippen LogP) is 2.98. The van der Waals surface area contributed by atoms with E-state index in [1.807, 2.05) is 24.3 Å². The standard InChI is InChI=1S/C24H24O9/c1-11(25)33-22-14-8-17-16(31-10-32-17)7-13(14)20(21-15(22)9-30-24(21)26)12-5-18(27-2)23(29-4)19(6-12)28-3/h5-8,15,20-22H,9-10H2,1-4H3/t15?,20-,21-,22+/m1/s1. The van der Waals surface area contributed by atoms with Crippen LogP contribution < -0.4 is 23.7 Å². The molecule has 4 atom stereocenters. The van der Waals surface area contributed by atoms with Crippen LogP contribution in [0, 0.1) is 11.8 Å². The molecule has 1 saturated heterocycles. The third-order valence-electron chi connectivity index (χ3n) is 6.46. The normalized spacial score (nSPS) is 24.4. The van der Waals surface area contributed by atoms with Crippen LogP contribution in [0.2, 0.25) is 0 Å². The van der Waals surface area contributed by atoms with E-state index >= 15 is 0 Å². The second-order valence-corrected chi connectivity index (χ2v) is 8.12. The monoisotopic (exact) mass is 456 g/mol. The number of hydrogen-bond acceptors (Lipinski definition) is 9. The number of ether oxygens (including phenoxy) is 7. The van der Waals surface area contributed by atoms with Crippen molar-refractivity contribution in [2.24, 2.45) is 11.8 Å². The van der Waals surface area contributed by atoms with Crippen molar-refractivity contribution in [2.45, 2.75) is 18.9 Å². The topological polar surface area (TPSA) is 98.8 Å². The fraction of sp³-hybridized carbons (Fsp3) is 0.417. The molecule has 2 aliphatic heterocycles. The number of cyclic esters (lactones) is 1. The molecule has 2 heterocycles. The summed E-state index contributed by atoms with van der Waals surface area (Å²) in [7, 11) is 4.61. The van der Waals surface area contributed by atoms with E-state index in [0.717, 1.165) is 16.7 Å². The van der Waals surface area contributed by atoms with Crippen LogP contribution in [-0.4, -0.2) is 46.7 Å². The summed E-state index contributed by atoms with van der Waals surface area (Å²) in [5.74, 6) is 0.383. The average molecular weight is 456 g/mol. The summed E-state index contributed by atoms with van der Waals surface area (Å²) in [5.41, 5.74) is 2.33. The summed E-state index contributed by atoms with van der Waals surface area (Å²) in [4.78, 5) is 25.0. The fourth-order valence-corrected chi connectivity index (χ4v) is 5.12. The molecular weight excluding hydrogens is 432 g/mol. The summed E-state index contributed by atoms with van der Waals surface area (Å²) in [6, 6.07) is 7.34. The Morgan fingerprint density at radius 3 is 2.12 bits per heavy atom. The molecule has 0 amide bonds. The molecule has 5 rings (SSSR count). The van der Waals surface area contributed by atoms with E-state index in [1.165, 1.54) is 28.3 Å². The van der Waals surface area contributed by atoms with Crippen LogP contribution in [0.1, 0.15) is 35.6 Å². The number of hydrogen-bond donors (Lipinski definition) is 0. The van der Waals surface area contributed by atoms with Gasteiger partial charge in [-0.2, -0.15) is 0 Å².